The molecule has 4 aromatic heterocycles. The van der Waals surface area contributed by atoms with Crippen LogP contribution in [-0.4, -0.2) is 90.8 Å². The van der Waals surface area contributed by atoms with Crippen LogP contribution in [0, 0.1) is 0 Å². The predicted molar refractivity (Wildman–Crippen MR) is 206 cm³/mol. The quantitative estimate of drug-likeness (QED) is 0.128. The molecule has 2 saturated heterocycles. The minimum Gasteiger partial charge on any atom is -0.453 e. The lowest BCUT2D eigenvalue weighted by Crippen LogP contribution is -2.40. The molecule has 2 aliphatic rings. The number of fused-ring (bicyclic) bond motifs is 1. The van der Waals surface area contributed by atoms with Gasteiger partial charge in [0.2, 0.25) is 18.2 Å². The number of likely N-dealkylation sites (tertiary alicyclic amines) is 2. The Morgan fingerprint density at radius 1 is 0.821 bits per heavy atom. The summed E-state index contributed by atoms with van der Waals surface area (Å²) in [5.74, 6) is 1.02. The lowest BCUT2D eigenvalue weighted by atomic mass is 10.1. The van der Waals surface area contributed by atoms with Crippen LogP contribution in [0.3, 0.4) is 0 Å². The van der Waals surface area contributed by atoms with Crippen molar-refractivity contribution in [3.63, 3.8) is 0 Å². The van der Waals surface area contributed by atoms with E-state index in [2.05, 4.69) is 41.4 Å². The Labute approximate surface area is 321 Å². The van der Waals surface area contributed by atoms with Crippen molar-refractivity contribution < 1.29 is 23.9 Å². The van der Waals surface area contributed by atoms with E-state index >= 15 is 0 Å². The number of hydrogen-bond donors (Lipinski definition) is 4. The van der Waals surface area contributed by atoms with Gasteiger partial charge in [0.05, 0.1) is 59.9 Å². The first kappa shape index (κ1) is 36.1. The number of ether oxygens (including phenoxy) is 1. The number of nitrogens with one attached hydrogen (secondary N) is 4. The van der Waals surface area contributed by atoms with Crippen molar-refractivity contribution in [1.29, 1.82) is 0 Å². The third kappa shape index (κ3) is 7.30. The van der Waals surface area contributed by atoms with Crippen LogP contribution in [0.15, 0.2) is 91.4 Å². The van der Waals surface area contributed by atoms with Crippen molar-refractivity contribution in [2.45, 2.75) is 43.8 Å². The van der Waals surface area contributed by atoms with E-state index in [1.54, 1.807) is 28.4 Å². The number of pyridine rings is 2. The van der Waals surface area contributed by atoms with Crippen LogP contribution >= 0.6 is 0 Å². The fraction of sp³-hybridized carbons (Fsp3) is 0.268. The molecule has 284 valence electrons. The van der Waals surface area contributed by atoms with Gasteiger partial charge in [-0.1, -0.05) is 42.5 Å². The van der Waals surface area contributed by atoms with E-state index < -0.39 is 12.1 Å². The van der Waals surface area contributed by atoms with Crippen LogP contribution < -0.4 is 10.6 Å². The molecule has 4 N–H and O–H groups in total. The molecule has 2 aromatic carbocycles. The summed E-state index contributed by atoms with van der Waals surface area (Å²) in [5.41, 5.74) is 6.42. The van der Waals surface area contributed by atoms with Crippen LogP contribution in [0.25, 0.3) is 44.8 Å². The van der Waals surface area contributed by atoms with Gasteiger partial charge in [-0.05, 0) is 61.6 Å². The monoisotopic (exact) mass is 752 g/mol. The van der Waals surface area contributed by atoms with Crippen molar-refractivity contribution in [2.75, 3.05) is 26.7 Å². The fourth-order valence-electron chi connectivity index (χ4n) is 7.62. The van der Waals surface area contributed by atoms with Gasteiger partial charge in [0, 0.05) is 35.8 Å². The number of alkyl carbamates (subject to hydrolysis) is 1. The van der Waals surface area contributed by atoms with E-state index in [1.165, 1.54) is 7.11 Å². The molecule has 0 aliphatic carbocycles. The normalized spacial score (nSPS) is 17.2. The maximum absolute atomic E-state index is 13.7. The van der Waals surface area contributed by atoms with Crippen molar-refractivity contribution in [2.24, 2.45) is 0 Å². The summed E-state index contributed by atoms with van der Waals surface area (Å²) in [6.07, 6.45) is 8.43. The zero-order valence-corrected chi connectivity index (χ0v) is 30.6. The second kappa shape index (κ2) is 15.8. The molecular weight excluding hydrogens is 713 g/mol. The van der Waals surface area contributed by atoms with Gasteiger partial charge in [0.1, 0.15) is 24.2 Å². The number of hydrogen-bond acceptors (Lipinski definition) is 9. The maximum Gasteiger partial charge on any atom is 0.407 e. The fourth-order valence-corrected chi connectivity index (χ4v) is 7.62. The topological polar surface area (TPSA) is 191 Å². The second-order valence-electron chi connectivity index (χ2n) is 13.8. The number of benzene rings is 2. The molecule has 4 amide bonds. The molecule has 0 unspecified atom stereocenters. The van der Waals surface area contributed by atoms with Gasteiger partial charge < -0.3 is 35.1 Å². The van der Waals surface area contributed by atoms with Crippen molar-refractivity contribution in [3.8, 4) is 33.9 Å². The molecule has 2 aliphatic heterocycles. The van der Waals surface area contributed by atoms with Crippen LogP contribution in [-0.2, 0) is 19.1 Å². The third-order valence-electron chi connectivity index (χ3n) is 10.5. The van der Waals surface area contributed by atoms with Gasteiger partial charge in [0.25, 0.3) is 0 Å². The molecule has 6 aromatic rings. The smallest absolute Gasteiger partial charge is 0.407 e. The molecule has 0 saturated carbocycles. The highest BCUT2D eigenvalue weighted by Gasteiger charge is 2.36. The van der Waals surface area contributed by atoms with Crippen molar-refractivity contribution >= 4 is 35.2 Å². The predicted octanol–water partition coefficient (Wildman–Crippen LogP) is 5.25. The number of aromatic amines is 2. The van der Waals surface area contributed by atoms with E-state index in [0.717, 1.165) is 70.4 Å². The molecule has 0 bridgehead atoms. The average molecular weight is 753 g/mol. The SMILES string of the molecule is COC(=O)NCC(=O)N1CCC[C@H]1c1ncc(-c2ccc(-c3ccc4cc(-c5cnc([C@@H]6CCCN6C(=O)[C@H](NC=O)c6ccccc6)[nH]5)ccc4n3)cn2)[nH]1. The number of amides is 4. The van der Waals surface area contributed by atoms with E-state index in [-0.39, 0.29) is 30.4 Å². The number of aromatic nitrogens is 6. The van der Waals surface area contributed by atoms with Crippen LogP contribution in [0.2, 0.25) is 0 Å². The highest BCUT2D eigenvalue weighted by Crippen LogP contribution is 2.35. The molecule has 8 rings (SSSR count). The Kier molecular flexibility index (Phi) is 10.2. The number of H-pyrrole nitrogens is 2. The van der Waals surface area contributed by atoms with Gasteiger partial charge >= 0.3 is 6.09 Å². The van der Waals surface area contributed by atoms with Crippen LogP contribution in [0.5, 0.6) is 0 Å². The Hall–Kier alpha value is -6.90. The molecule has 56 heavy (non-hydrogen) atoms. The standard InChI is InChI=1S/C41H40N10O5/c1-56-41(55)45-23-36(53)50-17-5-9-34(50)38-44-22-33(49-38)31-16-13-28(20-42-31)30-15-11-26-19-27(12-14-29(26)47-30)32-21-43-39(48-32)35-10-6-18-51(35)40(54)37(46-24-52)25-7-3-2-4-8-25/h2-4,7-8,11-16,19-22,24,34-35,37H,5-6,9-10,17-18,23H2,1H3,(H,43,48)(H,44,49)(H,45,55)(H,46,52)/t34-,35-,37+/m0/s1. The first-order valence-corrected chi connectivity index (χ1v) is 18.5. The number of methoxy groups -OCH3 is 1. The summed E-state index contributed by atoms with van der Waals surface area (Å²) in [7, 11) is 1.26. The summed E-state index contributed by atoms with van der Waals surface area (Å²) in [6.45, 7) is 1.03. The number of carbonyl (C=O) groups is 4. The summed E-state index contributed by atoms with van der Waals surface area (Å²) in [4.78, 5) is 78.5. The van der Waals surface area contributed by atoms with Crippen molar-refractivity contribution in [1.82, 2.24) is 50.3 Å². The van der Waals surface area contributed by atoms with Gasteiger partial charge in [-0.3, -0.25) is 19.4 Å². The van der Waals surface area contributed by atoms with Crippen molar-refractivity contribution in [3.05, 3.63) is 109 Å². The lowest BCUT2D eigenvalue weighted by Gasteiger charge is -2.28. The largest absolute Gasteiger partial charge is 0.453 e. The molecule has 2 fully saturated rings. The first-order valence-electron chi connectivity index (χ1n) is 18.5. The minimum atomic E-state index is -0.765. The zero-order valence-electron chi connectivity index (χ0n) is 30.6. The molecule has 15 nitrogen and oxygen atoms in total. The van der Waals surface area contributed by atoms with Gasteiger partial charge in [-0.25, -0.2) is 19.7 Å². The first-order chi connectivity index (χ1) is 27.4. The third-order valence-corrected chi connectivity index (χ3v) is 10.5. The molecule has 0 spiro atoms. The number of nitrogens with zero attached hydrogens (tertiary/aromatic N) is 6. The Balaban J connectivity index is 0.940. The van der Waals surface area contributed by atoms with Gasteiger partial charge in [0.15, 0.2) is 0 Å². The summed E-state index contributed by atoms with van der Waals surface area (Å²) in [5, 5.41) is 6.11. The van der Waals surface area contributed by atoms with Gasteiger partial charge in [-0.2, -0.15) is 0 Å². The highest BCUT2D eigenvalue weighted by molar-refractivity contribution is 5.87. The molecule has 15 heteroatoms. The molecule has 3 atom stereocenters. The Bertz CT molecular complexity index is 2380. The molecule has 0 radical (unpaired) electrons. The van der Waals surface area contributed by atoms with Gasteiger partial charge in [-0.15, -0.1) is 0 Å². The number of rotatable bonds is 11. The van der Waals surface area contributed by atoms with E-state index in [4.69, 9.17) is 9.97 Å². The summed E-state index contributed by atoms with van der Waals surface area (Å²) >= 11 is 0. The zero-order chi connectivity index (χ0) is 38.6. The Morgan fingerprint density at radius 2 is 1.52 bits per heavy atom. The number of carbonyl (C=O) groups excluding carboxylic acids is 4. The van der Waals surface area contributed by atoms with E-state index in [0.29, 0.717) is 36.8 Å². The van der Waals surface area contributed by atoms with E-state index in [9.17, 15) is 19.2 Å². The molecule has 6 heterocycles. The summed E-state index contributed by atoms with van der Waals surface area (Å²) < 4.78 is 4.57. The average Bonchev–Trinajstić information content (AvgIpc) is 4.09. The maximum atomic E-state index is 13.7. The van der Waals surface area contributed by atoms with E-state index in [1.807, 2.05) is 66.7 Å². The Morgan fingerprint density at radius 3 is 2.25 bits per heavy atom. The highest BCUT2D eigenvalue weighted by atomic mass is 16.5. The van der Waals surface area contributed by atoms with Crippen LogP contribution in [0.4, 0.5) is 4.79 Å². The summed E-state index contributed by atoms with van der Waals surface area (Å²) in [6, 6.07) is 22.0. The second-order valence-corrected chi connectivity index (χ2v) is 13.8. The minimum absolute atomic E-state index is 0.140. The van der Waals surface area contributed by atoms with Crippen LogP contribution in [0.1, 0.15) is 61.0 Å². The molecular formula is C41H40N10O5. The number of imidazole rings is 2. The lowest BCUT2D eigenvalue weighted by molar-refractivity contribution is -0.136.